The highest BCUT2D eigenvalue weighted by molar-refractivity contribution is 5.94. The molecule has 3 aromatic rings. The molecule has 0 aliphatic rings. The maximum absolute atomic E-state index is 12.1. The van der Waals surface area contributed by atoms with Gasteiger partial charge in [-0.15, -0.1) is 0 Å². The summed E-state index contributed by atoms with van der Waals surface area (Å²) >= 11 is 0. The summed E-state index contributed by atoms with van der Waals surface area (Å²) in [6.45, 7) is 10.8. The van der Waals surface area contributed by atoms with Crippen LogP contribution in [0.4, 0.5) is 0 Å². The van der Waals surface area contributed by atoms with Gasteiger partial charge in [-0.3, -0.25) is 4.79 Å². The molecule has 0 spiro atoms. The SMILES string of the molecule is Cc1cc(/C=N/NC(=O)c2ccccc2)c(C)n1-c1ccc(C(C)(C)C)cc1. The van der Waals surface area contributed by atoms with E-state index in [1.165, 1.54) is 5.56 Å². The Kier molecular flexibility index (Phi) is 5.50. The van der Waals surface area contributed by atoms with Crippen molar-refractivity contribution in [3.8, 4) is 5.69 Å². The molecule has 1 N–H and O–H groups in total. The Morgan fingerprint density at radius 3 is 2.25 bits per heavy atom. The second-order valence-corrected chi connectivity index (χ2v) is 8.02. The molecule has 0 fully saturated rings. The van der Waals surface area contributed by atoms with E-state index in [4.69, 9.17) is 0 Å². The second kappa shape index (κ2) is 7.85. The quantitative estimate of drug-likeness (QED) is 0.498. The highest BCUT2D eigenvalue weighted by Crippen LogP contribution is 2.25. The summed E-state index contributed by atoms with van der Waals surface area (Å²) in [6.07, 6.45) is 1.70. The van der Waals surface area contributed by atoms with E-state index in [0.717, 1.165) is 22.6 Å². The number of carbonyl (C=O) groups is 1. The third kappa shape index (κ3) is 4.22. The van der Waals surface area contributed by atoms with Crippen molar-refractivity contribution in [1.82, 2.24) is 9.99 Å². The molecule has 2 aromatic carbocycles. The minimum atomic E-state index is -0.219. The van der Waals surface area contributed by atoms with Crippen LogP contribution >= 0.6 is 0 Å². The Bertz CT molecular complexity index is 991. The number of hydrazone groups is 1. The van der Waals surface area contributed by atoms with Crippen molar-refractivity contribution in [2.24, 2.45) is 5.10 Å². The van der Waals surface area contributed by atoms with Crippen LogP contribution in [0.3, 0.4) is 0 Å². The highest BCUT2D eigenvalue weighted by atomic mass is 16.2. The van der Waals surface area contributed by atoms with Crippen LogP contribution in [0.25, 0.3) is 5.69 Å². The van der Waals surface area contributed by atoms with Crippen LogP contribution in [0.2, 0.25) is 0 Å². The first-order chi connectivity index (χ1) is 13.3. The number of aromatic nitrogens is 1. The first-order valence-corrected chi connectivity index (χ1v) is 9.45. The van der Waals surface area contributed by atoms with Gasteiger partial charge in [0.2, 0.25) is 0 Å². The summed E-state index contributed by atoms with van der Waals surface area (Å²) in [5.74, 6) is -0.219. The Morgan fingerprint density at radius 2 is 1.64 bits per heavy atom. The molecular weight excluding hydrogens is 346 g/mol. The molecule has 0 unspecified atom stereocenters. The van der Waals surface area contributed by atoms with Gasteiger partial charge in [0.15, 0.2) is 0 Å². The van der Waals surface area contributed by atoms with Crippen molar-refractivity contribution in [3.63, 3.8) is 0 Å². The fraction of sp³-hybridized carbons (Fsp3) is 0.250. The summed E-state index contributed by atoms with van der Waals surface area (Å²) < 4.78 is 2.20. The summed E-state index contributed by atoms with van der Waals surface area (Å²) in [4.78, 5) is 12.1. The van der Waals surface area contributed by atoms with Gasteiger partial charge in [-0.2, -0.15) is 5.10 Å². The first kappa shape index (κ1) is 19.6. The van der Waals surface area contributed by atoms with Gasteiger partial charge < -0.3 is 4.57 Å². The van der Waals surface area contributed by atoms with E-state index in [1.54, 1.807) is 18.3 Å². The van der Waals surface area contributed by atoms with Crippen LogP contribution in [-0.2, 0) is 5.41 Å². The number of nitrogens with one attached hydrogen (secondary N) is 1. The van der Waals surface area contributed by atoms with Gasteiger partial charge in [0, 0.05) is 28.2 Å². The Balaban J connectivity index is 1.79. The summed E-state index contributed by atoms with van der Waals surface area (Å²) in [5.41, 5.74) is 8.92. The molecule has 4 heteroatoms. The molecule has 0 bridgehead atoms. The van der Waals surface area contributed by atoms with Gasteiger partial charge in [-0.1, -0.05) is 51.1 Å². The molecule has 3 rings (SSSR count). The largest absolute Gasteiger partial charge is 0.318 e. The van der Waals surface area contributed by atoms with Crippen LogP contribution < -0.4 is 5.43 Å². The predicted molar refractivity (Wildman–Crippen MR) is 115 cm³/mol. The maximum Gasteiger partial charge on any atom is 0.271 e. The maximum atomic E-state index is 12.1. The predicted octanol–water partition coefficient (Wildman–Crippen LogP) is 5.16. The zero-order chi connectivity index (χ0) is 20.3. The molecule has 0 saturated carbocycles. The number of aryl methyl sites for hydroxylation is 1. The fourth-order valence-electron chi connectivity index (χ4n) is 3.24. The fourth-order valence-corrected chi connectivity index (χ4v) is 3.24. The number of amides is 1. The Labute approximate surface area is 166 Å². The lowest BCUT2D eigenvalue weighted by atomic mass is 9.87. The molecule has 1 amide bonds. The normalized spacial score (nSPS) is 11.8. The summed E-state index contributed by atoms with van der Waals surface area (Å²) in [7, 11) is 0. The van der Waals surface area contributed by atoms with Crippen molar-refractivity contribution in [2.45, 2.75) is 40.0 Å². The molecule has 144 valence electrons. The summed E-state index contributed by atoms with van der Waals surface area (Å²) in [5, 5.41) is 4.14. The average Bonchev–Trinajstić information content (AvgIpc) is 2.95. The Morgan fingerprint density at radius 1 is 1.00 bits per heavy atom. The lowest BCUT2D eigenvalue weighted by Gasteiger charge is -2.20. The molecule has 0 aliphatic carbocycles. The van der Waals surface area contributed by atoms with E-state index in [9.17, 15) is 4.79 Å². The van der Waals surface area contributed by atoms with Crippen LogP contribution in [0.15, 0.2) is 65.8 Å². The van der Waals surface area contributed by atoms with Crippen molar-refractivity contribution >= 4 is 12.1 Å². The summed E-state index contributed by atoms with van der Waals surface area (Å²) in [6, 6.07) is 19.8. The van der Waals surface area contributed by atoms with Gasteiger partial charge in [0.05, 0.1) is 6.21 Å². The lowest BCUT2D eigenvalue weighted by molar-refractivity contribution is 0.0955. The Hall–Kier alpha value is -3.14. The first-order valence-electron chi connectivity index (χ1n) is 9.45. The molecule has 0 saturated heterocycles. The number of nitrogens with zero attached hydrogens (tertiary/aromatic N) is 2. The zero-order valence-corrected chi connectivity index (χ0v) is 17.2. The molecule has 0 radical (unpaired) electrons. The van der Waals surface area contributed by atoms with Crippen molar-refractivity contribution in [3.05, 3.63) is 88.7 Å². The minimum Gasteiger partial charge on any atom is -0.318 e. The van der Waals surface area contributed by atoms with Crippen molar-refractivity contribution < 1.29 is 4.79 Å². The van der Waals surface area contributed by atoms with Gasteiger partial charge in [-0.25, -0.2) is 5.43 Å². The number of hydrogen-bond acceptors (Lipinski definition) is 2. The second-order valence-electron chi connectivity index (χ2n) is 8.02. The van der Waals surface area contributed by atoms with Crippen molar-refractivity contribution in [2.75, 3.05) is 0 Å². The van der Waals surface area contributed by atoms with Gasteiger partial charge in [0.1, 0.15) is 0 Å². The number of carbonyl (C=O) groups excluding carboxylic acids is 1. The van der Waals surface area contributed by atoms with Crippen molar-refractivity contribution in [1.29, 1.82) is 0 Å². The van der Waals surface area contributed by atoms with Gasteiger partial charge in [0.25, 0.3) is 5.91 Å². The molecule has 28 heavy (non-hydrogen) atoms. The van der Waals surface area contributed by atoms with Gasteiger partial charge >= 0.3 is 0 Å². The third-order valence-electron chi connectivity index (χ3n) is 4.87. The minimum absolute atomic E-state index is 0.133. The van der Waals surface area contributed by atoms with Gasteiger partial charge in [-0.05, 0) is 55.2 Å². The van der Waals surface area contributed by atoms with Crippen LogP contribution in [0.1, 0.15) is 53.6 Å². The molecular formula is C24H27N3O. The highest BCUT2D eigenvalue weighted by Gasteiger charge is 2.14. The molecule has 0 aliphatic heterocycles. The standard InChI is InChI=1S/C24H27N3O/c1-17-15-20(16-25-26-23(28)19-9-7-6-8-10-19)18(2)27(17)22-13-11-21(12-14-22)24(3,4)5/h6-16H,1-5H3,(H,26,28)/b25-16+. The molecule has 1 aromatic heterocycles. The van der Waals surface area contributed by atoms with E-state index < -0.39 is 0 Å². The number of hydrogen-bond donors (Lipinski definition) is 1. The van der Waals surface area contributed by atoms with E-state index in [-0.39, 0.29) is 11.3 Å². The van der Waals surface area contributed by atoms with E-state index >= 15 is 0 Å². The third-order valence-corrected chi connectivity index (χ3v) is 4.87. The number of rotatable bonds is 4. The molecule has 1 heterocycles. The van der Waals surface area contributed by atoms with Crippen LogP contribution in [-0.4, -0.2) is 16.7 Å². The topological polar surface area (TPSA) is 46.4 Å². The van der Waals surface area contributed by atoms with E-state index in [1.807, 2.05) is 18.2 Å². The van der Waals surface area contributed by atoms with Crippen LogP contribution in [0, 0.1) is 13.8 Å². The molecule has 4 nitrogen and oxygen atoms in total. The average molecular weight is 374 g/mol. The van der Waals surface area contributed by atoms with E-state index in [2.05, 4.69) is 80.0 Å². The monoisotopic (exact) mass is 373 g/mol. The number of benzene rings is 2. The smallest absolute Gasteiger partial charge is 0.271 e. The molecule has 0 atom stereocenters. The van der Waals surface area contributed by atoms with Crippen LogP contribution in [0.5, 0.6) is 0 Å². The van der Waals surface area contributed by atoms with E-state index in [0.29, 0.717) is 5.56 Å². The lowest BCUT2D eigenvalue weighted by Crippen LogP contribution is -2.17. The zero-order valence-electron chi connectivity index (χ0n) is 17.2.